The molecule has 4 nitrogen and oxygen atoms in total. The van der Waals surface area contributed by atoms with Gasteiger partial charge in [-0.2, -0.15) is 9.61 Å². The standard InChI is InChI=1S/C10H7ClN4S/c11-10-14-9-7(8-12-4-13-15(8)10)5-2-1-3-6(5)16-9/h4H,1-3H2. The number of halogens is 1. The Morgan fingerprint density at radius 2 is 2.31 bits per heavy atom. The van der Waals surface area contributed by atoms with E-state index in [1.165, 1.54) is 23.2 Å². The summed E-state index contributed by atoms with van der Waals surface area (Å²) in [5, 5.41) is 5.63. The molecule has 0 unspecified atom stereocenters. The summed E-state index contributed by atoms with van der Waals surface area (Å²) in [5.41, 5.74) is 2.25. The third kappa shape index (κ3) is 0.973. The molecule has 3 aromatic rings. The van der Waals surface area contributed by atoms with Crippen LogP contribution in [0.15, 0.2) is 6.33 Å². The number of fused-ring (bicyclic) bond motifs is 5. The minimum absolute atomic E-state index is 0.389. The van der Waals surface area contributed by atoms with E-state index in [0.717, 1.165) is 28.7 Å². The van der Waals surface area contributed by atoms with E-state index in [9.17, 15) is 0 Å². The summed E-state index contributed by atoms with van der Waals surface area (Å²) >= 11 is 7.80. The Balaban J connectivity index is 2.30. The minimum Gasteiger partial charge on any atom is -0.214 e. The SMILES string of the molecule is Clc1nc2sc3c(c2c2ncnn12)CCC3. The van der Waals surface area contributed by atoms with Gasteiger partial charge in [-0.05, 0) is 36.4 Å². The number of aryl methyl sites for hydroxylation is 2. The van der Waals surface area contributed by atoms with Gasteiger partial charge in [-0.25, -0.2) is 9.97 Å². The maximum Gasteiger partial charge on any atom is 0.227 e. The summed E-state index contributed by atoms with van der Waals surface area (Å²) < 4.78 is 1.61. The predicted octanol–water partition coefficient (Wildman–Crippen LogP) is 2.48. The molecule has 16 heavy (non-hydrogen) atoms. The van der Waals surface area contributed by atoms with Crippen molar-refractivity contribution in [2.45, 2.75) is 19.3 Å². The first kappa shape index (κ1) is 8.90. The highest BCUT2D eigenvalue weighted by Gasteiger charge is 2.22. The summed E-state index contributed by atoms with van der Waals surface area (Å²) in [4.78, 5) is 11.1. The van der Waals surface area contributed by atoms with Gasteiger partial charge in [0.15, 0.2) is 5.65 Å². The number of thiophene rings is 1. The summed E-state index contributed by atoms with van der Waals surface area (Å²) in [5.74, 6) is 0. The summed E-state index contributed by atoms with van der Waals surface area (Å²) in [6.45, 7) is 0. The van der Waals surface area contributed by atoms with E-state index in [-0.39, 0.29) is 0 Å². The van der Waals surface area contributed by atoms with Crippen molar-refractivity contribution in [1.29, 1.82) is 0 Å². The van der Waals surface area contributed by atoms with E-state index in [0.29, 0.717) is 5.28 Å². The van der Waals surface area contributed by atoms with Gasteiger partial charge < -0.3 is 0 Å². The fourth-order valence-corrected chi connectivity index (χ4v) is 3.89. The van der Waals surface area contributed by atoms with Gasteiger partial charge in [-0.3, -0.25) is 0 Å². The molecule has 1 aliphatic carbocycles. The molecule has 0 spiro atoms. The molecule has 6 heteroatoms. The molecule has 0 fully saturated rings. The largest absolute Gasteiger partial charge is 0.227 e. The fraction of sp³-hybridized carbons (Fsp3) is 0.300. The number of rotatable bonds is 0. The monoisotopic (exact) mass is 250 g/mol. The first-order chi connectivity index (χ1) is 7.84. The van der Waals surface area contributed by atoms with Crippen LogP contribution in [-0.4, -0.2) is 19.6 Å². The lowest BCUT2D eigenvalue weighted by Gasteiger charge is -1.98. The van der Waals surface area contributed by atoms with Crippen LogP contribution in [-0.2, 0) is 12.8 Å². The molecular formula is C10H7ClN4S. The molecule has 0 aliphatic heterocycles. The Hall–Kier alpha value is -1.20. The molecule has 1 aliphatic rings. The van der Waals surface area contributed by atoms with E-state index < -0.39 is 0 Å². The Bertz CT molecular complexity index is 714. The van der Waals surface area contributed by atoms with Crippen molar-refractivity contribution in [3.05, 3.63) is 22.1 Å². The van der Waals surface area contributed by atoms with Crippen molar-refractivity contribution in [1.82, 2.24) is 19.6 Å². The van der Waals surface area contributed by atoms with Gasteiger partial charge in [0.05, 0.1) is 5.39 Å². The zero-order chi connectivity index (χ0) is 10.7. The lowest BCUT2D eigenvalue weighted by molar-refractivity contribution is 0.914. The number of aromatic nitrogens is 4. The van der Waals surface area contributed by atoms with Crippen LogP contribution in [0.25, 0.3) is 15.9 Å². The average Bonchev–Trinajstić information content (AvgIpc) is 2.87. The van der Waals surface area contributed by atoms with Crippen molar-refractivity contribution in [3.8, 4) is 0 Å². The van der Waals surface area contributed by atoms with Gasteiger partial charge in [-0.15, -0.1) is 11.3 Å². The first-order valence-corrected chi connectivity index (χ1v) is 6.33. The lowest BCUT2D eigenvalue weighted by atomic mass is 10.2. The highest BCUT2D eigenvalue weighted by molar-refractivity contribution is 7.19. The molecule has 0 atom stereocenters. The third-order valence-corrected chi connectivity index (χ3v) is 4.47. The van der Waals surface area contributed by atoms with Crippen LogP contribution >= 0.6 is 22.9 Å². The smallest absolute Gasteiger partial charge is 0.214 e. The van der Waals surface area contributed by atoms with E-state index in [1.54, 1.807) is 15.9 Å². The fourth-order valence-electron chi connectivity index (χ4n) is 2.38. The van der Waals surface area contributed by atoms with E-state index >= 15 is 0 Å². The molecule has 4 rings (SSSR count). The summed E-state index contributed by atoms with van der Waals surface area (Å²) in [6, 6.07) is 0. The number of hydrogen-bond donors (Lipinski definition) is 0. The van der Waals surface area contributed by atoms with E-state index in [1.807, 2.05) is 0 Å². The van der Waals surface area contributed by atoms with Crippen molar-refractivity contribution in [3.63, 3.8) is 0 Å². The van der Waals surface area contributed by atoms with Gasteiger partial charge in [0.25, 0.3) is 0 Å². The molecule has 0 aromatic carbocycles. The normalized spacial score (nSPS) is 15.1. The molecule has 3 heterocycles. The van der Waals surface area contributed by atoms with E-state index in [4.69, 9.17) is 11.6 Å². The second kappa shape index (κ2) is 2.93. The van der Waals surface area contributed by atoms with Crippen LogP contribution in [0.5, 0.6) is 0 Å². The van der Waals surface area contributed by atoms with Crippen LogP contribution in [0.3, 0.4) is 0 Å². The van der Waals surface area contributed by atoms with Crippen LogP contribution < -0.4 is 0 Å². The predicted molar refractivity (Wildman–Crippen MR) is 63.2 cm³/mol. The minimum atomic E-state index is 0.389. The quantitative estimate of drug-likeness (QED) is 0.576. The summed E-state index contributed by atoms with van der Waals surface area (Å²) in [6.07, 6.45) is 5.05. The third-order valence-electron chi connectivity index (χ3n) is 3.04. The molecule has 3 aromatic heterocycles. The number of nitrogens with zero attached hydrogens (tertiary/aromatic N) is 4. The van der Waals surface area contributed by atoms with Crippen molar-refractivity contribution in [2.75, 3.05) is 0 Å². The van der Waals surface area contributed by atoms with Crippen molar-refractivity contribution in [2.24, 2.45) is 0 Å². The summed E-state index contributed by atoms with van der Waals surface area (Å²) in [7, 11) is 0. The highest BCUT2D eigenvalue weighted by atomic mass is 35.5. The Kier molecular flexibility index (Phi) is 1.63. The van der Waals surface area contributed by atoms with Crippen LogP contribution in [0, 0.1) is 0 Å². The van der Waals surface area contributed by atoms with Gasteiger partial charge in [0.2, 0.25) is 5.28 Å². The zero-order valence-corrected chi connectivity index (χ0v) is 9.85. The van der Waals surface area contributed by atoms with E-state index in [2.05, 4.69) is 15.1 Å². The Morgan fingerprint density at radius 3 is 3.25 bits per heavy atom. The maximum atomic E-state index is 6.06. The van der Waals surface area contributed by atoms with Gasteiger partial charge in [0, 0.05) is 4.88 Å². The highest BCUT2D eigenvalue weighted by Crippen LogP contribution is 2.38. The number of hydrogen-bond acceptors (Lipinski definition) is 4. The molecule has 0 bridgehead atoms. The molecular weight excluding hydrogens is 244 g/mol. The molecule has 0 radical (unpaired) electrons. The van der Waals surface area contributed by atoms with Crippen molar-refractivity contribution < 1.29 is 0 Å². The van der Waals surface area contributed by atoms with Gasteiger partial charge in [0.1, 0.15) is 11.2 Å². The lowest BCUT2D eigenvalue weighted by Crippen LogP contribution is -1.94. The van der Waals surface area contributed by atoms with Crippen molar-refractivity contribution >= 4 is 38.8 Å². The molecule has 80 valence electrons. The molecule has 0 N–H and O–H groups in total. The average molecular weight is 251 g/mol. The second-order valence-electron chi connectivity index (χ2n) is 3.91. The first-order valence-electron chi connectivity index (χ1n) is 5.14. The zero-order valence-electron chi connectivity index (χ0n) is 8.27. The topological polar surface area (TPSA) is 43.1 Å². The maximum absolute atomic E-state index is 6.06. The molecule has 0 saturated heterocycles. The Morgan fingerprint density at radius 1 is 1.38 bits per heavy atom. The van der Waals surface area contributed by atoms with Crippen LogP contribution in [0.4, 0.5) is 0 Å². The molecule has 0 amide bonds. The van der Waals surface area contributed by atoms with Gasteiger partial charge >= 0.3 is 0 Å². The van der Waals surface area contributed by atoms with Crippen LogP contribution in [0.2, 0.25) is 5.28 Å². The van der Waals surface area contributed by atoms with Crippen LogP contribution in [0.1, 0.15) is 16.9 Å². The molecule has 0 saturated carbocycles. The van der Waals surface area contributed by atoms with Gasteiger partial charge in [-0.1, -0.05) is 0 Å². The second-order valence-corrected chi connectivity index (χ2v) is 5.34. The Labute approximate surface area is 99.9 Å².